The largest absolute Gasteiger partial charge is 0.463 e. The summed E-state index contributed by atoms with van der Waals surface area (Å²) in [5.41, 5.74) is 0.0875. The molecule has 0 aliphatic rings. The second-order valence-electron chi connectivity index (χ2n) is 3.91. The van der Waals surface area contributed by atoms with Crippen LogP contribution in [0, 0.1) is 5.41 Å². The second kappa shape index (κ2) is 6.82. The van der Waals surface area contributed by atoms with Gasteiger partial charge in [0.25, 0.3) is 0 Å². The first-order valence-electron chi connectivity index (χ1n) is 5.22. The number of carbonyl (C=O) groups excluding carboxylic acids is 1. The highest BCUT2D eigenvalue weighted by Gasteiger charge is 2.24. The van der Waals surface area contributed by atoms with Gasteiger partial charge in [0, 0.05) is 7.11 Å². The minimum absolute atomic E-state index is 0.0875. The molecule has 0 atom stereocenters. The van der Waals surface area contributed by atoms with E-state index >= 15 is 0 Å². The third-order valence-electron chi connectivity index (χ3n) is 2.83. The Morgan fingerprint density at radius 1 is 1.21 bits per heavy atom. The lowest BCUT2D eigenvalue weighted by Crippen LogP contribution is -2.21. The van der Waals surface area contributed by atoms with Crippen molar-refractivity contribution >= 4 is 5.97 Å². The summed E-state index contributed by atoms with van der Waals surface area (Å²) in [4.78, 5) is 11.4. The van der Waals surface area contributed by atoms with Crippen LogP contribution in [0.3, 0.4) is 0 Å². The van der Waals surface area contributed by atoms with Crippen molar-refractivity contribution in [2.24, 2.45) is 5.41 Å². The molecule has 0 heterocycles. The zero-order valence-corrected chi connectivity index (χ0v) is 9.76. The summed E-state index contributed by atoms with van der Waals surface area (Å²) in [7, 11) is 1.59. The molecule has 0 radical (unpaired) electrons. The quantitative estimate of drug-likeness (QED) is 0.469. The van der Waals surface area contributed by atoms with E-state index < -0.39 is 0 Å². The average molecular weight is 202 g/mol. The van der Waals surface area contributed by atoms with Crippen LogP contribution in [0.2, 0.25) is 0 Å². The maximum absolute atomic E-state index is 11.4. The molecule has 0 aromatic heterocycles. The van der Waals surface area contributed by atoms with Gasteiger partial charge in [0.05, 0.1) is 13.0 Å². The van der Waals surface area contributed by atoms with Crippen LogP contribution in [0.25, 0.3) is 0 Å². The Labute approximate surface area is 86.8 Å². The molecule has 3 heteroatoms. The Hall–Kier alpha value is -0.570. The second-order valence-corrected chi connectivity index (χ2v) is 3.91. The summed E-state index contributed by atoms with van der Waals surface area (Å²) >= 11 is 0. The fraction of sp³-hybridized carbons (Fsp3) is 0.909. The Morgan fingerprint density at radius 2 is 1.79 bits per heavy atom. The van der Waals surface area contributed by atoms with E-state index in [0.717, 1.165) is 12.8 Å². The van der Waals surface area contributed by atoms with Gasteiger partial charge in [-0.1, -0.05) is 33.6 Å². The van der Waals surface area contributed by atoms with Crippen molar-refractivity contribution in [2.75, 3.05) is 20.3 Å². The highest BCUT2D eigenvalue weighted by atomic mass is 16.6. The standard InChI is InChI=1S/C11H22O3/c1-5-11(3,6-2)9-10(12)14-8-7-13-4/h5-9H2,1-4H3. The summed E-state index contributed by atoms with van der Waals surface area (Å²) in [6, 6.07) is 0. The maximum Gasteiger partial charge on any atom is 0.306 e. The first kappa shape index (κ1) is 13.4. The molecule has 3 nitrogen and oxygen atoms in total. The molecule has 0 saturated carbocycles. The lowest BCUT2D eigenvalue weighted by Gasteiger charge is -2.25. The number of ether oxygens (including phenoxy) is 2. The predicted octanol–water partition coefficient (Wildman–Crippen LogP) is 2.39. The molecule has 0 spiro atoms. The van der Waals surface area contributed by atoms with Gasteiger partial charge in [-0.3, -0.25) is 4.79 Å². The molecule has 0 N–H and O–H groups in total. The Bertz CT molecular complexity index is 162. The minimum Gasteiger partial charge on any atom is -0.463 e. The zero-order valence-electron chi connectivity index (χ0n) is 9.76. The number of rotatable bonds is 7. The van der Waals surface area contributed by atoms with E-state index in [1.54, 1.807) is 7.11 Å². The number of esters is 1. The molecular formula is C11H22O3. The van der Waals surface area contributed by atoms with Crippen LogP contribution in [-0.4, -0.2) is 26.3 Å². The average Bonchev–Trinajstić information content (AvgIpc) is 2.18. The van der Waals surface area contributed by atoms with Gasteiger partial charge < -0.3 is 9.47 Å². The van der Waals surface area contributed by atoms with E-state index in [1.807, 2.05) is 0 Å². The van der Waals surface area contributed by atoms with Gasteiger partial charge in [-0.25, -0.2) is 0 Å². The van der Waals surface area contributed by atoms with Gasteiger partial charge in [0.2, 0.25) is 0 Å². The molecule has 0 bridgehead atoms. The fourth-order valence-corrected chi connectivity index (χ4v) is 1.14. The Morgan fingerprint density at radius 3 is 2.21 bits per heavy atom. The SMILES string of the molecule is CCC(C)(CC)CC(=O)OCCOC. The molecular weight excluding hydrogens is 180 g/mol. The van der Waals surface area contributed by atoms with Gasteiger partial charge in [-0.2, -0.15) is 0 Å². The van der Waals surface area contributed by atoms with Crippen molar-refractivity contribution in [1.82, 2.24) is 0 Å². The van der Waals surface area contributed by atoms with Crippen LogP contribution in [0.4, 0.5) is 0 Å². The van der Waals surface area contributed by atoms with E-state index in [-0.39, 0.29) is 11.4 Å². The molecule has 0 saturated heterocycles. The van der Waals surface area contributed by atoms with Crippen LogP contribution in [-0.2, 0) is 14.3 Å². The van der Waals surface area contributed by atoms with Crippen molar-refractivity contribution in [3.05, 3.63) is 0 Å². The molecule has 84 valence electrons. The maximum atomic E-state index is 11.4. The molecule has 0 rings (SSSR count). The predicted molar refractivity (Wildman–Crippen MR) is 56.1 cm³/mol. The molecule has 0 amide bonds. The van der Waals surface area contributed by atoms with Gasteiger partial charge in [0.1, 0.15) is 6.61 Å². The number of hydrogen-bond acceptors (Lipinski definition) is 3. The topological polar surface area (TPSA) is 35.5 Å². The van der Waals surface area contributed by atoms with E-state index in [0.29, 0.717) is 19.6 Å². The minimum atomic E-state index is -0.117. The molecule has 0 fully saturated rings. The summed E-state index contributed by atoms with van der Waals surface area (Å²) < 4.78 is 9.82. The Balaban J connectivity index is 3.80. The first-order chi connectivity index (χ1) is 6.58. The first-order valence-corrected chi connectivity index (χ1v) is 5.22. The summed E-state index contributed by atoms with van der Waals surface area (Å²) in [6.07, 6.45) is 2.51. The third kappa shape index (κ3) is 5.22. The van der Waals surface area contributed by atoms with Crippen LogP contribution in [0.1, 0.15) is 40.0 Å². The molecule has 0 aromatic rings. The van der Waals surface area contributed by atoms with Crippen LogP contribution in [0.5, 0.6) is 0 Å². The Kier molecular flexibility index (Phi) is 6.54. The van der Waals surface area contributed by atoms with E-state index in [9.17, 15) is 4.79 Å². The molecule has 0 aliphatic heterocycles. The van der Waals surface area contributed by atoms with Gasteiger partial charge in [-0.15, -0.1) is 0 Å². The number of hydrogen-bond donors (Lipinski definition) is 0. The lowest BCUT2D eigenvalue weighted by molar-refractivity contribution is -0.147. The summed E-state index contributed by atoms with van der Waals surface area (Å²) in [5.74, 6) is -0.117. The van der Waals surface area contributed by atoms with Crippen LogP contribution >= 0.6 is 0 Å². The third-order valence-corrected chi connectivity index (χ3v) is 2.83. The lowest BCUT2D eigenvalue weighted by atomic mass is 9.81. The van der Waals surface area contributed by atoms with Gasteiger partial charge >= 0.3 is 5.97 Å². The van der Waals surface area contributed by atoms with Crippen molar-refractivity contribution in [3.63, 3.8) is 0 Å². The molecule has 0 aliphatic carbocycles. The fourth-order valence-electron chi connectivity index (χ4n) is 1.14. The number of methoxy groups -OCH3 is 1. The van der Waals surface area contributed by atoms with E-state index in [1.165, 1.54) is 0 Å². The van der Waals surface area contributed by atoms with Crippen LogP contribution in [0.15, 0.2) is 0 Å². The van der Waals surface area contributed by atoms with Crippen molar-refractivity contribution in [2.45, 2.75) is 40.0 Å². The highest BCUT2D eigenvalue weighted by Crippen LogP contribution is 2.29. The smallest absolute Gasteiger partial charge is 0.306 e. The van der Waals surface area contributed by atoms with Crippen molar-refractivity contribution < 1.29 is 14.3 Å². The monoisotopic (exact) mass is 202 g/mol. The van der Waals surface area contributed by atoms with Gasteiger partial charge in [0.15, 0.2) is 0 Å². The van der Waals surface area contributed by atoms with Crippen molar-refractivity contribution in [1.29, 1.82) is 0 Å². The van der Waals surface area contributed by atoms with E-state index in [2.05, 4.69) is 20.8 Å². The van der Waals surface area contributed by atoms with Gasteiger partial charge in [-0.05, 0) is 5.41 Å². The summed E-state index contributed by atoms with van der Waals surface area (Å²) in [5, 5.41) is 0. The zero-order chi connectivity index (χ0) is 11.0. The highest BCUT2D eigenvalue weighted by molar-refractivity contribution is 5.70. The normalized spacial score (nSPS) is 11.4. The molecule has 0 unspecified atom stereocenters. The molecule has 14 heavy (non-hydrogen) atoms. The molecule has 0 aromatic carbocycles. The van der Waals surface area contributed by atoms with E-state index in [4.69, 9.17) is 9.47 Å². The van der Waals surface area contributed by atoms with Crippen LogP contribution < -0.4 is 0 Å². The van der Waals surface area contributed by atoms with Crippen molar-refractivity contribution in [3.8, 4) is 0 Å². The summed E-state index contributed by atoms with van der Waals surface area (Å²) in [6.45, 7) is 7.15. The number of carbonyl (C=O) groups is 1.